The fraction of sp³-hybridized carbons (Fsp3) is 0.667. The number of hydrogen-bond donors (Lipinski definition) is 4. The molecule has 5 nitrogen and oxygen atoms in total. The highest BCUT2D eigenvalue weighted by molar-refractivity contribution is 8.00. The second-order valence-electron chi connectivity index (χ2n) is 2.58. The van der Waals surface area contributed by atoms with Crippen LogP contribution in [-0.4, -0.2) is 44.2 Å². The van der Waals surface area contributed by atoms with Gasteiger partial charge in [-0.1, -0.05) is 11.8 Å². The van der Waals surface area contributed by atoms with Crippen molar-refractivity contribution in [3.05, 3.63) is 6.92 Å². The van der Waals surface area contributed by atoms with E-state index in [4.69, 9.17) is 0 Å². The smallest absolute Gasteiger partial charge is 0.237 e. The van der Waals surface area contributed by atoms with Crippen LogP contribution in [0.15, 0.2) is 0 Å². The van der Waals surface area contributed by atoms with Crippen LogP contribution in [0.1, 0.15) is 0 Å². The number of nitrogens with one attached hydrogen (secondary N) is 1. The predicted molar refractivity (Wildman–Crippen MR) is 42.9 cm³/mol. The van der Waals surface area contributed by atoms with Crippen molar-refractivity contribution in [2.45, 2.75) is 17.3 Å². The van der Waals surface area contributed by atoms with Crippen LogP contribution in [0.5, 0.6) is 0 Å². The first kappa shape index (κ1) is 9.79. The Morgan fingerprint density at radius 1 is 1.67 bits per heavy atom. The highest BCUT2D eigenvalue weighted by Gasteiger charge is 2.47. The predicted octanol–water partition coefficient (Wildman–Crippen LogP) is -1.95. The Hall–Kier alpha value is -0.300. The van der Waals surface area contributed by atoms with Gasteiger partial charge < -0.3 is 20.6 Å². The summed E-state index contributed by atoms with van der Waals surface area (Å²) in [5.74, 6) is -0.466. The van der Waals surface area contributed by atoms with Gasteiger partial charge in [-0.3, -0.25) is 4.79 Å². The molecule has 1 fully saturated rings. The monoisotopic (exact) mass is 192 g/mol. The maximum absolute atomic E-state index is 10.5. The zero-order valence-corrected chi connectivity index (χ0v) is 7.04. The van der Waals surface area contributed by atoms with E-state index < -0.39 is 23.2 Å². The third-order valence-corrected chi connectivity index (χ3v) is 2.76. The highest BCUT2D eigenvalue weighted by Crippen LogP contribution is 2.33. The molecule has 0 spiro atoms. The van der Waals surface area contributed by atoms with Gasteiger partial charge in [-0.2, -0.15) is 0 Å². The number of amides is 1. The standard InChI is InChI=1S/C6H10NO4S/c1-3(8)7-5-4(9)2-12-6(5,10)11/h4-5,9-11H,1-2H2,(H,7,8). The molecule has 0 aromatic rings. The second kappa shape index (κ2) is 3.21. The van der Waals surface area contributed by atoms with Crippen LogP contribution in [0.25, 0.3) is 0 Å². The Balaban J connectivity index is 2.65. The average molecular weight is 192 g/mol. The van der Waals surface area contributed by atoms with E-state index in [1.807, 2.05) is 0 Å². The van der Waals surface area contributed by atoms with E-state index in [-0.39, 0.29) is 5.75 Å². The van der Waals surface area contributed by atoms with Crippen LogP contribution in [-0.2, 0) is 4.79 Å². The van der Waals surface area contributed by atoms with Crippen LogP contribution in [0, 0.1) is 6.92 Å². The number of rotatable bonds is 1. The van der Waals surface area contributed by atoms with E-state index in [0.717, 1.165) is 11.8 Å². The lowest BCUT2D eigenvalue weighted by Gasteiger charge is -2.24. The summed E-state index contributed by atoms with van der Waals surface area (Å²) >= 11 is 0.776. The van der Waals surface area contributed by atoms with Gasteiger partial charge in [-0.25, -0.2) is 0 Å². The molecule has 6 heteroatoms. The van der Waals surface area contributed by atoms with Crippen LogP contribution in [0.3, 0.4) is 0 Å². The molecule has 1 saturated heterocycles. The third-order valence-electron chi connectivity index (χ3n) is 1.57. The first-order valence-electron chi connectivity index (χ1n) is 3.32. The molecule has 69 valence electrons. The largest absolute Gasteiger partial charge is 0.390 e. The normalized spacial score (nSPS) is 33.3. The van der Waals surface area contributed by atoms with Gasteiger partial charge in [-0.15, -0.1) is 0 Å². The number of thioether (sulfide) groups is 1. The highest BCUT2D eigenvalue weighted by atomic mass is 32.2. The summed E-state index contributed by atoms with van der Waals surface area (Å²) in [4.78, 5) is 10.5. The first-order valence-corrected chi connectivity index (χ1v) is 4.31. The Morgan fingerprint density at radius 2 is 2.25 bits per heavy atom. The van der Waals surface area contributed by atoms with Crippen molar-refractivity contribution in [3.63, 3.8) is 0 Å². The summed E-state index contributed by atoms with van der Waals surface area (Å²) in [6.45, 7) is 3.01. The van der Waals surface area contributed by atoms with Crippen LogP contribution < -0.4 is 5.32 Å². The van der Waals surface area contributed by atoms with Crippen molar-refractivity contribution < 1.29 is 20.1 Å². The van der Waals surface area contributed by atoms with E-state index >= 15 is 0 Å². The van der Waals surface area contributed by atoms with Crippen LogP contribution in [0.2, 0.25) is 0 Å². The second-order valence-corrected chi connectivity index (χ2v) is 3.81. The van der Waals surface area contributed by atoms with Gasteiger partial charge in [0.15, 0.2) is 0 Å². The van der Waals surface area contributed by atoms with E-state index in [1.54, 1.807) is 0 Å². The zero-order valence-electron chi connectivity index (χ0n) is 6.23. The molecule has 4 N–H and O–H groups in total. The molecule has 1 heterocycles. The lowest BCUT2D eigenvalue weighted by molar-refractivity contribution is -0.134. The molecule has 1 radical (unpaired) electrons. The van der Waals surface area contributed by atoms with E-state index in [2.05, 4.69) is 12.2 Å². The van der Waals surface area contributed by atoms with Gasteiger partial charge in [0.1, 0.15) is 6.04 Å². The van der Waals surface area contributed by atoms with Gasteiger partial charge >= 0.3 is 0 Å². The molecule has 2 unspecified atom stereocenters. The van der Waals surface area contributed by atoms with Crippen molar-refractivity contribution >= 4 is 17.7 Å². The maximum atomic E-state index is 10.5. The molecule has 0 aliphatic carbocycles. The minimum Gasteiger partial charge on any atom is -0.390 e. The summed E-state index contributed by atoms with van der Waals surface area (Å²) < 4.78 is 0. The summed E-state index contributed by atoms with van der Waals surface area (Å²) in [6, 6.07) is -1.06. The van der Waals surface area contributed by atoms with Gasteiger partial charge in [0.05, 0.1) is 6.10 Å². The minimum atomic E-state index is -2.09. The molecule has 0 aromatic carbocycles. The Labute approximate surface area is 73.8 Å². The molecule has 1 aliphatic heterocycles. The molecule has 1 aliphatic rings. The summed E-state index contributed by atoms with van der Waals surface area (Å²) in [5, 5.41) is 27.6. The molecule has 2 atom stereocenters. The zero-order chi connectivity index (χ0) is 9.35. The van der Waals surface area contributed by atoms with E-state index in [9.17, 15) is 20.1 Å². The van der Waals surface area contributed by atoms with Crippen molar-refractivity contribution in [1.82, 2.24) is 5.32 Å². The Kier molecular flexibility index (Phi) is 2.62. The topological polar surface area (TPSA) is 89.8 Å². The van der Waals surface area contributed by atoms with Gasteiger partial charge in [0.25, 0.3) is 0 Å². The average Bonchev–Trinajstić information content (AvgIpc) is 2.15. The molecule has 0 bridgehead atoms. The van der Waals surface area contributed by atoms with Crippen molar-refractivity contribution in [2.75, 3.05) is 5.75 Å². The van der Waals surface area contributed by atoms with Crippen LogP contribution >= 0.6 is 11.8 Å². The molecular formula is C6H10NO4S. The number of carbonyl (C=O) groups is 1. The van der Waals surface area contributed by atoms with Crippen molar-refractivity contribution in [1.29, 1.82) is 0 Å². The summed E-state index contributed by atoms with van der Waals surface area (Å²) in [6.07, 6.45) is -0.948. The Bertz CT molecular complexity index is 196. The minimum absolute atomic E-state index is 0.179. The van der Waals surface area contributed by atoms with E-state index in [0.29, 0.717) is 0 Å². The molecule has 1 amide bonds. The molecule has 12 heavy (non-hydrogen) atoms. The number of hydrogen-bond acceptors (Lipinski definition) is 5. The SMILES string of the molecule is [CH2]C(=O)NC1C(O)CSC1(O)O. The summed E-state index contributed by atoms with van der Waals surface area (Å²) in [5.41, 5.74) is 0. The molecular weight excluding hydrogens is 182 g/mol. The lowest BCUT2D eigenvalue weighted by Crippen LogP contribution is -2.52. The molecule has 0 aromatic heterocycles. The van der Waals surface area contributed by atoms with Gasteiger partial charge in [0, 0.05) is 12.7 Å². The van der Waals surface area contributed by atoms with Gasteiger partial charge in [-0.05, 0) is 0 Å². The lowest BCUT2D eigenvalue weighted by atomic mass is 10.2. The quantitative estimate of drug-likeness (QED) is 0.363. The molecule has 1 rings (SSSR count). The number of carbonyl (C=O) groups excluding carboxylic acids is 1. The van der Waals surface area contributed by atoms with Gasteiger partial charge in [0.2, 0.25) is 11.0 Å². The number of aliphatic hydroxyl groups is 3. The van der Waals surface area contributed by atoms with E-state index in [1.165, 1.54) is 0 Å². The molecule has 0 saturated carbocycles. The van der Waals surface area contributed by atoms with Crippen molar-refractivity contribution in [2.24, 2.45) is 0 Å². The van der Waals surface area contributed by atoms with Crippen molar-refractivity contribution in [3.8, 4) is 0 Å². The maximum Gasteiger partial charge on any atom is 0.237 e. The third kappa shape index (κ3) is 1.89. The fourth-order valence-electron chi connectivity index (χ4n) is 1.01. The van der Waals surface area contributed by atoms with Crippen LogP contribution in [0.4, 0.5) is 0 Å². The Morgan fingerprint density at radius 3 is 2.58 bits per heavy atom. The summed E-state index contributed by atoms with van der Waals surface area (Å²) in [7, 11) is 0. The number of aliphatic hydroxyl groups excluding tert-OH is 1. The fourth-order valence-corrected chi connectivity index (χ4v) is 2.01. The first-order chi connectivity index (χ1) is 5.43.